The topological polar surface area (TPSA) is 38.0 Å². The van der Waals surface area contributed by atoms with Crippen molar-refractivity contribution in [2.75, 3.05) is 5.32 Å². The van der Waals surface area contributed by atoms with E-state index in [-0.39, 0.29) is 5.54 Å². The first kappa shape index (κ1) is 12.0. The maximum atomic E-state index is 5.53. The van der Waals surface area contributed by atoms with Gasteiger partial charge in [0.1, 0.15) is 4.99 Å². The van der Waals surface area contributed by atoms with E-state index in [0.29, 0.717) is 4.99 Å². The van der Waals surface area contributed by atoms with Crippen LogP contribution in [0.3, 0.4) is 0 Å². The van der Waals surface area contributed by atoms with Gasteiger partial charge in [-0.15, -0.1) is 0 Å². The lowest BCUT2D eigenvalue weighted by atomic mass is 10.0. The van der Waals surface area contributed by atoms with Gasteiger partial charge in [-0.25, -0.2) is 0 Å². The molecule has 1 rings (SSSR count). The molecular formula is C12H18N2S. The summed E-state index contributed by atoms with van der Waals surface area (Å²) in [6.45, 7) is 6.51. The fourth-order valence-electron chi connectivity index (χ4n) is 1.20. The lowest BCUT2D eigenvalue weighted by Gasteiger charge is -2.26. The van der Waals surface area contributed by atoms with Crippen molar-refractivity contribution in [2.45, 2.75) is 32.7 Å². The molecule has 2 nitrogen and oxygen atoms in total. The monoisotopic (exact) mass is 222 g/mol. The highest BCUT2D eigenvalue weighted by Crippen LogP contribution is 2.18. The van der Waals surface area contributed by atoms with Gasteiger partial charge in [0.25, 0.3) is 0 Å². The van der Waals surface area contributed by atoms with Crippen LogP contribution in [0.25, 0.3) is 0 Å². The predicted octanol–water partition coefficient (Wildman–Crippen LogP) is 2.92. The highest BCUT2D eigenvalue weighted by Gasteiger charge is 2.13. The molecule has 0 fully saturated rings. The molecule has 0 heterocycles. The second kappa shape index (κ2) is 4.62. The van der Waals surface area contributed by atoms with E-state index in [1.54, 1.807) is 0 Å². The zero-order chi connectivity index (χ0) is 11.5. The van der Waals surface area contributed by atoms with E-state index < -0.39 is 0 Å². The van der Waals surface area contributed by atoms with Crippen LogP contribution in [0.2, 0.25) is 0 Å². The summed E-state index contributed by atoms with van der Waals surface area (Å²) in [6, 6.07) is 7.89. The van der Waals surface area contributed by atoms with Crippen molar-refractivity contribution in [3.8, 4) is 0 Å². The van der Waals surface area contributed by atoms with Crippen LogP contribution < -0.4 is 11.1 Å². The molecule has 0 aliphatic heterocycles. The van der Waals surface area contributed by atoms with Gasteiger partial charge in [-0.3, -0.25) is 0 Å². The Bertz CT molecular complexity index is 341. The van der Waals surface area contributed by atoms with Crippen molar-refractivity contribution in [2.24, 2.45) is 5.73 Å². The molecule has 0 bridgehead atoms. The maximum Gasteiger partial charge on any atom is 0.103 e. The van der Waals surface area contributed by atoms with E-state index in [0.717, 1.165) is 17.7 Å². The number of anilines is 1. The van der Waals surface area contributed by atoms with E-state index >= 15 is 0 Å². The largest absolute Gasteiger partial charge is 0.389 e. The van der Waals surface area contributed by atoms with E-state index in [4.69, 9.17) is 18.0 Å². The molecule has 0 radical (unpaired) electrons. The second-order valence-corrected chi connectivity index (χ2v) is 4.74. The zero-order valence-corrected chi connectivity index (χ0v) is 10.3. The summed E-state index contributed by atoms with van der Waals surface area (Å²) in [7, 11) is 0. The molecule has 15 heavy (non-hydrogen) atoms. The lowest BCUT2D eigenvalue weighted by molar-refractivity contribution is 0.547. The Kier molecular flexibility index (Phi) is 3.69. The molecule has 1 aromatic carbocycles. The third-order valence-electron chi connectivity index (χ3n) is 2.54. The summed E-state index contributed by atoms with van der Waals surface area (Å²) in [5.41, 5.74) is 7.65. The molecule has 0 unspecified atom stereocenters. The van der Waals surface area contributed by atoms with Gasteiger partial charge < -0.3 is 11.1 Å². The molecule has 0 spiro atoms. The minimum atomic E-state index is 0.116. The van der Waals surface area contributed by atoms with Crippen molar-refractivity contribution in [1.29, 1.82) is 0 Å². The molecule has 0 atom stereocenters. The van der Waals surface area contributed by atoms with E-state index in [1.165, 1.54) is 0 Å². The summed E-state index contributed by atoms with van der Waals surface area (Å²) >= 11 is 4.90. The summed E-state index contributed by atoms with van der Waals surface area (Å²) < 4.78 is 0. The minimum absolute atomic E-state index is 0.116. The molecule has 0 aromatic heterocycles. The molecule has 3 heteroatoms. The molecule has 0 saturated heterocycles. The van der Waals surface area contributed by atoms with E-state index in [9.17, 15) is 0 Å². The molecule has 1 aromatic rings. The van der Waals surface area contributed by atoms with Gasteiger partial charge in [0.15, 0.2) is 0 Å². The van der Waals surface area contributed by atoms with Crippen molar-refractivity contribution in [3.05, 3.63) is 29.8 Å². The smallest absolute Gasteiger partial charge is 0.103 e. The molecule has 0 aliphatic carbocycles. The Hall–Kier alpha value is -1.09. The first-order chi connectivity index (χ1) is 6.94. The number of nitrogens with two attached hydrogens (primary N) is 1. The average molecular weight is 222 g/mol. The normalized spacial score (nSPS) is 11.1. The van der Waals surface area contributed by atoms with Crippen LogP contribution in [-0.2, 0) is 0 Å². The summed E-state index contributed by atoms with van der Waals surface area (Å²) in [6.07, 6.45) is 1.07. The van der Waals surface area contributed by atoms with Crippen molar-refractivity contribution >= 4 is 22.9 Å². The summed E-state index contributed by atoms with van der Waals surface area (Å²) in [5.74, 6) is 0. The fourth-order valence-corrected chi connectivity index (χ4v) is 1.33. The number of benzene rings is 1. The fraction of sp³-hybridized carbons (Fsp3) is 0.417. The third-order valence-corrected chi connectivity index (χ3v) is 2.77. The van der Waals surface area contributed by atoms with Crippen LogP contribution in [0.5, 0.6) is 0 Å². The van der Waals surface area contributed by atoms with Crippen molar-refractivity contribution in [1.82, 2.24) is 0 Å². The van der Waals surface area contributed by atoms with Gasteiger partial charge in [-0.1, -0.05) is 19.1 Å². The van der Waals surface area contributed by atoms with Crippen molar-refractivity contribution < 1.29 is 0 Å². The van der Waals surface area contributed by atoms with Crippen LogP contribution in [0.1, 0.15) is 32.8 Å². The Morgan fingerprint density at radius 3 is 2.27 bits per heavy atom. The first-order valence-corrected chi connectivity index (χ1v) is 5.53. The van der Waals surface area contributed by atoms with Gasteiger partial charge in [0.2, 0.25) is 0 Å². The Morgan fingerprint density at radius 1 is 1.33 bits per heavy atom. The molecule has 0 saturated carbocycles. The summed E-state index contributed by atoms with van der Waals surface area (Å²) in [5, 5.41) is 3.45. The maximum absolute atomic E-state index is 5.53. The quantitative estimate of drug-likeness (QED) is 0.769. The highest BCUT2D eigenvalue weighted by molar-refractivity contribution is 7.80. The lowest BCUT2D eigenvalue weighted by Crippen LogP contribution is -2.29. The standard InChI is InChI=1S/C12H18N2S/c1-4-12(2,3)14-10-7-5-9(6-8-10)11(13)15/h5-8,14H,4H2,1-3H3,(H2,13,15). The Labute approximate surface area is 96.9 Å². The van der Waals surface area contributed by atoms with Crippen LogP contribution >= 0.6 is 12.2 Å². The van der Waals surface area contributed by atoms with Crippen LogP contribution in [0.15, 0.2) is 24.3 Å². The molecule has 0 amide bonds. The highest BCUT2D eigenvalue weighted by atomic mass is 32.1. The van der Waals surface area contributed by atoms with Crippen LogP contribution in [0.4, 0.5) is 5.69 Å². The average Bonchev–Trinajstić information content (AvgIpc) is 2.18. The van der Waals surface area contributed by atoms with Gasteiger partial charge in [0, 0.05) is 16.8 Å². The van der Waals surface area contributed by atoms with Gasteiger partial charge in [0.05, 0.1) is 0 Å². The molecular weight excluding hydrogens is 204 g/mol. The van der Waals surface area contributed by atoms with Gasteiger partial charge in [-0.2, -0.15) is 0 Å². The molecule has 82 valence electrons. The van der Waals surface area contributed by atoms with Gasteiger partial charge in [-0.05, 0) is 44.5 Å². The third kappa shape index (κ3) is 3.51. The van der Waals surface area contributed by atoms with Crippen LogP contribution in [-0.4, -0.2) is 10.5 Å². The predicted molar refractivity (Wildman–Crippen MR) is 70.3 cm³/mol. The number of thiocarbonyl (C=S) groups is 1. The number of hydrogen-bond donors (Lipinski definition) is 2. The number of hydrogen-bond acceptors (Lipinski definition) is 2. The minimum Gasteiger partial charge on any atom is -0.389 e. The van der Waals surface area contributed by atoms with Crippen LogP contribution in [0, 0.1) is 0 Å². The second-order valence-electron chi connectivity index (χ2n) is 4.30. The van der Waals surface area contributed by atoms with Crippen molar-refractivity contribution in [3.63, 3.8) is 0 Å². The number of nitrogens with one attached hydrogen (secondary N) is 1. The SMILES string of the molecule is CCC(C)(C)Nc1ccc(C(N)=S)cc1. The van der Waals surface area contributed by atoms with E-state index in [1.807, 2.05) is 24.3 Å². The number of rotatable bonds is 4. The Balaban J connectivity index is 2.77. The molecule has 0 aliphatic rings. The molecule has 3 N–H and O–H groups in total. The van der Waals surface area contributed by atoms with Gasteiger partial charge >= 0.3 is 0 Å². The zero-order valence-electron chi connectivity index (χ0n) is 9.50. The first-order valence-electron chi connectivity index (χ1n) is 5.12. The van der Waals surface area contributed by atoms with E-state index in [2.05, 4.69) is 26.1 Å². The summed E-state index contributed by atoms with van der Waals surface area (Å²) in [4.78, 5) is 0.441. The Morgan fingerprint density at radius 2 is 1.87 bits per heavy atom.